The van der Waals surface area contributed by atoms with E-state index in [1.165, 1.54) is 18.6 Å². The third kappa shape index (κ3) is 3.95. The number of carbonyl (C=O) groups excluding carboxylic acids is 1. The summed E-state index contributed by atoms with van der Waals surface area (Å²) in [6.45, 7) is 0. The maximum Gasteiger partial charge on any atom is 0.258 e. The van der Waals surface area contributed by atoms with Gasteiger partial charge in [-0.2, -0.15) is 4.98 Å². The summed E-state index contributed by atoms with van der Waals surface area (Å²) in [5, 5.41) is 2.59. The van der Waals surface area contributed by atoms with E-state index in [9.17, 15) is 4.79 Å². The Morgan fingerprint density at radius 2 is 2.04 bits per heavy atom. The monoisotopic (exact) mass is 319 g/mol. The molecule has 8 nitrogen and oxygen atoms in total. The molecule has 1 amide bonds. The topological polar surface area (TPSA) is 120 Å². The molecule has 0 saturated carbocycles. The molecule has 0 unspecified atom stereocenters. The SMILES string of the molecule is Nc1cc(C(=O)Nc2ncnc(/C=C/c3cccnc3)n2)ccn1. The van der Waals surface area contributed by atoms with Gasteiger partial charge in [-0.1, -0.05) is 6.07 Å². The number of pyridine rings is 2. The number of amides is 1. The molecule has 3 rings (SSSR count). The first-order valence-electron chi connectivity index (χ1n) is 7.01. The van der Waals surface area contributed by atoms with Crippen molar-refractivity contribution in [2.45, 2.75) is 0 Å². The number of hydrogen-bond donors (Lipinski definition) is 2. The first-order chi connectivity index (χ1) is 11.7. The zero-order valence-corrected chi connectivity index (χ0v) is 12.5. The number of nitrogen functional groups attached to an aromatic ring is 1. The Morgan fingerprint density at radius 1 is 1.12 bits per heavy atom. The summed E-state index contributed by atoms with van der Waals surface area (Å²) in [6.07, 6.45) is 9.72. The van der Waals surface area contributed by atoms with Crippen LogP contribution in [0, 0.1) is 0 Å². The van der Waals surface area contributed by atoms with E-state index in [-0.39, 0.29) is 17.7 Å². The van der Waals surface area contributed by atoms with Crippen LogP contribution in [0.5, 0.6) is 0 Å². The normalized spacial score (nSPS) is 10.7. The van der Waals surface area contributed by atoms with Crippen molar-refractivity contribution in [2.24, 2.45) is 0 Å². The smallest absolute Gasteiger partial charge is 0.258 e. The molecule has 0 radical (unpaired) electrons. The average molecular weight is 319 g/mol. The molecule has 8 heteroatoms. The van der Waals surface area contributed by atoms with Crippen molar-refractivity contribution in [2.75, 3.05) is 11.1 Å². The van der Waals surface area contributed by atoms with Gasteiger partial charge in [0.1, 0.15) is 12.1 Å². The predicted molar refractivity (Wildman–Crippen MR) is 89.6 cm³/mol. The van der Waals surface area contributed by atoms with Crippen LogP contribution in [0.4, 0.5) is 11.8 Å². The highest BCUT2D eigenvalue weighted by Gasteiger charge is 2.08. The second-order valence-electron chi connectivity index (χ2n) is 4.71. The van der Waals surface area contributed by atoms with Gasteiger partial charge >= 0.3 is 0 Å². The summed E-state index contributed by atoms with van der Waals surface area (Å²) in [7, 11) is 0. The van der Waals surface area contributed by atoms with Crippen LogP contribution in [0.15, 0.2) is 49.2 Å². The van der Waals surface area contributed by atoms with E-state index in [1.54, 1.807) is 24.5 Å². The van der Waals surface area contributed by atoms with Gasteiger partial charge in [0, 0.05) is 24.2 Å². The second-order valence-corrected chi connectivity index (χ2v) is 4.71. The van der Waals surface area contributed by atoms with Crippen LogP contribution in [0.2, 0.25) is 0 Å². The number of rotatable bonds is 4. The lowest BCUT2D eigenvalue weighted by Crippen LogP contribution is -2.15. The van der Waals surface area contributed by atoms with E-state index in [2.05, 4.69) is 30.2 Å². The molecule has 3 aromatic rings. The maximum absolute atomic E-state index is 12.1. The first-order valence-corrected chi connectivity index (χ1v) is 7.01. The molecule has 3 N–H and O–H groups in total. The van der Waals surface area contributed by atoms with Crippen molar-refractivity contribution in [1.29, 1.82) is 0 Å². The third-order valence-corrected chi connectivity index (χ3v) is 2.97. The Hall–Kier alpha value is -3.68. The number of aromatic nitrogens is 5. The highest BCUT2D eigenvalue weighted by atomic mass is 16.1. The van der Waals surface area contributed by atoms with Gasteiger partial charge in [0.15, 0.2) is 5.82 Å². The van der Waals surface area contributed by atoms with E-state index in [0.717, 1.165) is 5.56 Å². The molecule has 24 heavy (non-hydrogen) atoms. The highest BCUT2D eigenvalue weighted by Crippen LogP contribution is 2.08. The van der Waals surface area contributed by atoms with Gasteiger partial charge in [-0.05, 0) is 35.9 Å². The maximum atomic E-state index is 12.1. The van der Waals surface area contributed by atoms with Crippen molar-refractivity contribution in [3.05, 3.63) is 66.1 Å². The van der Waals surface area contributed by atoms with Crippen molar-refractivity contribution in [1.82, 2.24) is 24.9 Å². The third-order valence-electron chi connectivity index (χ3n) is 2.97. The summed E-state index contributed by atoms with van der Waals surface area (Å²) in [5.41, 5.74) is 6.85. The van der Waals surface area contributed by atoms with Crippen LogP contribution in [0.1, 0.15) is 21.7 Å². The van der Waals surface area contributed by atoms with E-state index >= 15 is 0 Å². The Balaban J connectivity index is 1.73. The molecule has 3 heterocycles. The van der Waals surface area contributed by atoms with E-state index in [0.29, 0.717) is 11.4 Å². The van der Waals surface area contributed by atoms with Crippen molar-refractivity contribution in [3.8, 4) is 0 Å². The molecule has 0 aliphatic rings. The molecule has 0 atom stereocenters. The molecule has 0 saturated heterocycles. The molecular weight excluding hydrogens is 306 g/mol. The van der Waals surface area contributed by atoms with Gasteiger partial charge in [0.2, 0.25) is 5.95 Å². The van der Waals surface area contributed by atoms with Crippen molar-refractivity contribution < 1.29 is 4.79 Å². The largest absolute Gasteiger partial charge is 0.384 e. The van der Waals surface area contributed by atoms with E-state index < -0.39 is 0 Å². The van der Waals surface area contributed by atoms with Crippen molar-refractivity contribution in [3.63, 3.8) is 0 Å². The Bertz CT molecular complexity index is 880. The standard InChI is InChI=1S/C16H13N7O/c17-13-8-12(5-7-19-13)15(24)23-16-21-10-20-14(22-16)4-3-11-2-1-6-18-9-11/h1-10H,(H2,17,19)(H,20,21,22,23,24)/b4-3+. The highest BCUT2D eigenvalue weighted by molar-refractivity contribution is 6.03. The minimum Gasteiger partial charge on any atom is -0.384 e. The van der Waals surface area contributed by atoms with Crippen LogP contribution >= 0.6 is 0 Å². The molecule has 118 valence electrons. The van der Waals surface area contributed by atoms with Crippen LogP contribution in [0.3, 0.4) is 0 Å². The van der Waals surface area contributed by atoms with Gasteiger partial charge in [0.25, 0.3) is 5.91 Å². The van der Waals surface area contributed by atoms with Gasteiger partial charge in [-0.15, -0.1) is 0 Å². The minimum absolute atomic E-state index is 0.149. The van der Waals surface area contributed by atoms with E-state index in [4.69, 9.17) is 5.73 Å². The van der Waals surface area contributed by atoms with Gasteiger partial charge < -0.3 is 5.73 Å². The van der Waals surface area contributed by atoms with Gasteiger partial charge in [-0.3, -0.25) is 15.1 Å². The van der Waals surface area contributed by atoms with Crippen LogP contribution < -0.4 is 11.1 Å². The zero-order valence-electron chi connectivity index (χ0n) is 12.5. The lowest BCUT2D eigenvalue weighted by atomic mass is 10.2. The second kappa shape index (κ2) is 7.05. The van der Waals surface area contributed by atoms with Crippen LogP contribution in [-0.4, -0.2) is 30.8 Å². The molecule has 0 fully saturated rings. The fourth-order valence-electron chi connectivity index (χ4n) is 1.86. The number of nitrogens with one attached hydrogen (secondary N) is 1. The van der Waals surface area contributed by atoms with Gasteiger partial charge in [-0.25, -0.2) is 15.0 Å². The molecule has 0 spiro atoms. The quantitative estimate of drug-likeness (QED) is 0.750. The number of nitrogens with two attached hydrogens (primary N) is 1. The summed E-state index contributed by atoms with van der Waals surface area (Å²) < 4.78 is 0. The molecule has 3 aromatic heterocycles. The fourth-order valence-corrected chi connectivity index (χ4v) is 1.86. The number of nitrogens with zero attached hydrogens (tertiary/aromatic N) is 5. The lowest BCUT2D eigenvalue weighted by Gasteiger charge is -2.04. The summed E-state index contributed by atoms with van der Waals surface area (Å²) >= 11 is 0. The fraction of sp³-hybridized carbons (Fsp3) is 0. The Morgan fingerprint density at radius 3 is 2.83 bits per heavy atom. The first kappa shape index (κ1) is 15.2. The number of carbonyl (C=O) groups is 1. The summed E-state index contributed by atoms with van der Waals surface area (Å²) in [6, 6.07) is 6.76. The van der Waals surface area contributed by atoms with E-state index in [1.807, 2.05) is 18.2 Å². The number of hydrogen-bond acceptors (Lipinski definition) is 7. The molecule has 0 aliphatic carbocycles. The average Bonchev–Trinajstić information content (AvgIpc) is 2.61. The molecule has 0 aromatic carbocycles. The summed E-state index contributed by atoms with van der Waals surface area (Å²) in [5.74, 6) is 0.450. The van der Waals surface area contributed by atoms with Crippen LogP contribution in [-0.2, 0) is 0 Å². The Kier molecular flexibility index (Phi) is 4.47. The zero-order chi connectivity index (χ0) is 16.8. The predicted octanol–water partition coefficient (Wildman–Crippen LogP) is 1.67. The summed E-state index contributed by atoms with van der Waals surface area (Å²) in [4.78, 5) is 32.1. The lowest BCUT2D eigenvalue weighted by molar-refractivity contribution is 0.102. The molecule has 0 aliphatic heterocycles. The van der Waals surface area contributed by atoms with Crippen molar-refractivity contribution >= 4 is 29.8 Å². The van der Waals surface area contributed by atoms with Crippen LogP contribution in [0.25, 0.3) is 12.2 Å². The molecule has 0 bridgehead atoms. The Labute approximate surface area is 137 Å². The number of anilines is 2. The molecular formula is C16H13N7O. The minimum atomic E-state index is -0.377. The van der Waals surface area contributed by atoms with Gasteiger partial charge in [0.05, 0.1) is 0 Å².